The zero-order valence-corrected chi connectivity index (χ0v) is 19.1. The monoisotopic (exact) mass is 695 g/mol. The van der Waals surface area contributed by atoms with E-state index in [0.717, 1.165) is 3.11 Å². The van der Waals surface area contributed by atoms with Gasteiger partial charge in [-0.05, 0) is 74.4 Å². The standard InChI is InChI=1S/C12H6Cl2I3NO5/c1-4(19)23-3-7(20)18(17)6-2-5(11(13)21)9(15)8(10(6)16)12(14)22/h2H,3H2,1H3. The molecule has 0 saturated carbocycles. The van der Waals surface area contributed by atoms with Crippen LogP contribution in [-0.2, 0) is 14.3 Å². The van der Waals surface area contributed by atoms with E-state index < -0.39 is 29.0 Å². The summed E-state index contributed by atoms with van der Waals surface area (Å²) in [5.74, 6) is -1.16. The maximum atomic E-state index is 12.0. The van der Waals surface area contributed by atoms with Crippen molar-refractivity contribution in [1.82, 2.24) is 0 Å². The molecule has 11 heteroatoms. The molecule has 0 radical (unpaired) electrons. The summed E-state index contributed by atoms with van der Waals surface area (Å²) < 4.78 is 6.44. The Hall–Kier alpha value is 0.270. The van der Waals surface area contributed by atoms with Crippen molar-refractivity contribution in [3.63, 3.8) is 0 Å². The molecule has 1 aromatic rings. The Morgan fingerprint density at radius 3 is 2.13 bits per heavy atom. The first kappa shape index (κ1) is 21.3. The number of nitrogens with zero attached hydrogens (tertiary/aromatic N) is 1. The van der Waals surface area contributed by atoms with Crippen LogP contribution in [0.25, 0.3) is 0 Å². The summed E-state index contributed by atoms with van der Waals surface area (Å²) >= 11 is 16.4. The second kappa shape index (κ2) is 9.10. The van der Waals surface area contributed by atoms with Crippen LogP contribution in [0.2, 0.25) is 0 Å². The second-order valence-electron chi connectivity index (χ2n) is 3.95. The fourth-order valence-corrected chi connectivity index (χ4v) is 5.58. The van der Waals surface area contributed by atoms with Gasteiger partial charge in [-0.1, -0.05) is 0 Å². The van der Waals surface area contributed by atoms with Gasteiger partial charge in [0.05, 0.1) is 43.2 Å². The number of hydrogen-bond acceptors (Lipinski definition) is 5. The summed E-state index contributed by atoms with van der Waals surface area (Å²) in [7, 11) is 0. The molecule has 0 bridgehead atoms. The third-order valence-electron chi connectivity index (χ3n) is 2.42. The molecule has 1 amide bonds. The van der Waals surface area contributed by atoms with Crippen LogP contribution in [0.4, 0.5) is 5.69 Å². The summed E-state index contributed by atoms with van der Waals surface area (Å²) in [6.45, 7) is 0.697. The number of anilines is 1. The van der Waals surface area contributed by atoms with Crippen LogP contribution in [0, 0.1) is 7.14 Å². The van der Waals surface area contributed by atoms with Crippen molar-refractivity contribution in [3.05, 3.63) is 24.3 Å². The summed E-state index contributed by atoms with van der Waals surface area (Å²) in [6.07, 6.45) is 0. The summed E-state index contributed by atoms with van der Waals surface area (Å²) in [5, 5.41) is -1.57. The molecule has 1 aromatic carbocycles. The van der Waals surface area contributed by atoms with Gasteiger partial charge < -0.3 is 4.74 Å². The molecule has 0 saturated heterocycles. The van der Waals surface area contributed by atoms with Gasteiger partial charge in [0.1, 0.15) is 0 Å². The number of benzene rings is 1. The molecule has 0 aliphatic rings. The quantitative estimate of drug-likeness (QED) is 0.202. The lowest BCUT2D eigenvalue weighted by Crippen LogP contribution is -2.27. The molecule has 6 nitrogen and oxygen atoms in total. The minimum atomic E-state index is -0.788. The fraction of sp³-hybridized carbons (Fsp3) is 0.167. The third kappa shape index (κ3) is 5.37. The largest absolute Gasteiger partial charge is 0.456 e. The number of hydrogen-bond donors (Lipinski definition) is 0. The molecule has 1 rings (SSSR count). The van der Waals surface area contributed by atoms with Crippen molar-refractivity contribution < 1.29 is 23.9 Å². The second-order valence-corrected chi connectivity index (χ2v) is 7.76. The first-order valence-corrected chi connectivity index (χ1v) is 9.49. The molecule has 0 N–H and O–H groups in total. The summed E-state index contributed by atoms with van der Waals surface area (Å²) in [4.78, 5) is 46.0. The van der Waals surface area contributed by atoms with Gasteiger partial charge in [0.2, 0.25) is 0 Å². The molecular weight excluding hydrogens is 690 g/mol. The van der Waals surface area contributed by atoms with Crippen LogP contribution in [0.3, 0.4) is 0 Å². The van der Waals surface area contributed by atoms with Crippen molar-refractivity contribution in [2.75, 3.05) is 9.72 Å². The molecule has 0 unspecified atom stereocenters. The predicted molar refractivity (Wildman–Crippen MR) is 110 cm³/mol. The van der Waals surface area contributed by atoms with E-state index in [4.69, 9.17) is 23.2 Å². The lowest BCUT2D eigenvalue weighted by atomic mass is 10.1. The molecule has 0 aromatic heterocycles. The predicted octanol–water partition coefficient (Wildman–Crippen LogP) is 3.90. The van der Waals surface area contributed by atoms with Crippen LogP contribution in [0.15, 0.2) is 6.07 Å². The minimum Gasteiger partial charge on any atom is -0.456 e. The maximum absolute atomic E-state index is 12.0. The van der Waals surface area contributed by atoms with E-state index >= 15 is 0 Å². The van der Waals surface area contributed by atoms with Crippen LogP contribution in [0.5, 0.6) is 0 Å². The number of carbonyl (C=O) groups excluding carboxylic acids is 4. The molecule has 23 heavy (non-hydrogen) atoms. The van der Waals surface area contributed by atoms with Gasteiger partial charge in [0.15, 0.2) is 6.61 Å². The van der Waals surface area contributed by atoms with E-state index in [0.29, 0.717) is 7.14 Å². The number of rotatable bonds is 5. The Bertz CT molecular complexity index is 710. The van der Waals surface area contributed by atoms with Crippen LogP contribution >= 0.6 is 91.2 Å². The van der Waals surface area contributed by atoms with Gasteiger partial charge in [0, 0.05) is 10.5 Å². The lowest BCUT2D eigenvalue weighted by Gasteiger charge is -2.19. The van der Waals surface area contributed by atoms with Gasteiger partial charge in [-0.2, -0.15) is 0 Å². The van der Waals surface area contributed by atoms with Gasteiger partial charge in [-0.25, -0.2) is 3.11 Å². The number of carbonyl (C=O) groups is 4. The van der Waals surface area contributed by atoms with Crippen molar-refractivity contribution in [1.29, 1.82) is 0 Å². The highest BCUT2D eigenvalue weighted by Crippen LogP contribution is 2.35. The normalized spacial score (nSPS) is 10.2. The zero-order valence-electron chi connectivity index (χ0n) is 11.2. The number of esters is 1. The molecule has 0 atom stereocenters. The van der Waals surface area contributed by atoms with E-state index in [1.54, 1.807) is 45.5 Å². The first-order valence-electron chi connectivity index (χ1n) is 5.61. The maximum Gasteiger partial charge on any atom is 0.303 e. The zero-order chi connectivity index (χ0) is 17.9. The van der Waals surface area contributed by atoms with Crippen LogP contribution < -0.4 is 3.11 Å². The highest BCUT2D eigenvalue weighted by molar-refractivity contribution is 14.1. The highest BCUT2D eigenvalue weighted by Gasteiger charge is 2.26. The van der Waals surface area contributed by atoms with E-state index in [9.17, 15) is 19.2 Å². The lowest BCUT2D eigenvalue weighted by molar-refractivity contribution is -0.145. The van der Waals surface area contributed by atoms with Crippen LogP contribution in [0.1, 0.15) is 27.6 Å². The summed E-state index contributed by atoms with van der Waals surface area (Å²) in [6, 6.07) is 1.38. The van der Waals surface area contributed by atoms with E-state index in [1.807, 2.05) is 22.6 Å². The molecule has 0 aliphatic carbocycles. The average Bonchev–Trinajstić information content (AvgIpc) is 2.43. The van der Waals surface area contributed by atoms with E-state index in [1.165, 1.54) is 13.0 Å². The molecule has 0 fully saturated rings. The Kier molecular flexibility index (Phi) is 8.43. The molecule has 124 valence electrons. The third-order valence-corrected chi connectivity index (χ3v) is 6.08. The Morgan fingerprint density at radius 2 is 1.70 bits per heavy atom. The highest BCUT2D eigenvalue weighted by atomic mass is 127. The Balaban J connectivity index is 3.40. The molecule has 0 heterocycles. The van der Waals surface area contributed by atoms with E-state index in [-0.39, 0.29) is 16.8 Å². The Labute approximate surface area is 182 Å². The SMILES string of the molecule is CC(=O)OCC(=O)N(I)c1cc(C(=O)Cl)c(I)c(C(=O)Cl)c1I. The molecule has 0 aliphatic heterocycles. The van der Waals surface area contributed by atoms with Gasteiger partial charge in [-0.15, -0.1) is 0 Å². The number of halogens is 5. The minimum absolute atomic E-state index is 0.0497. The van der Waals surface area contributed by atoms with Gasteiger partial charge >= 0.3 is 5.97 Å². The molecular formula is C12H6Cl2I3NO5. The van der Waals surface area contributed by atoms with Crippen molar-refractivity contribution >= 4 is 119 Å². The van der Waals surface area contributed by atoms with Crippen molar-refractivity contribution in [2.24, 2.45) is 0 Å². The number of amides is 1. The topological polar surface area (TPSA) is 80.8 Å². The van der Waals surface area contributed by atoms with Gasteiger partial charge in [0.25, 0.3) is 16.4 Å². The average molecular weight is 696 g/mol. The van der Waals surface area contributed by atoms with Gasteiger partial charge in [-0.3, -0.25) is 19.2 Å². The Morgan fingerprint density at radius 1 is 1.13 bits per heavy atom. The molecule has 0 spiro atoms. The van der Waals surface area contributed by atoms with Crippen molar-refractivity contribution in [2.45, 2.75) is 6.92 Å². The number of ether oxygens (including phenoxy) is 1. The van der Waals surface area contributed by atoms with Crippen LogP contribution in [-0.4, -0.2) is 29.0 Å². The summed E-state index contributed by atoms with van der Waals surface area (Å²) in [5.41, 5.74) is 0.377. The van der Waals surface area contributed by atoms with E-state index in [2.05, 4.69) is 4.74 Å². The smallest absolute Gasteiger partial charge is 0.303 e. The first-order chi connectivity index (χ1) is 10.6. The fourth-order valence-electron chi connectivity index (χ4n) is 1.44. The van der Waals surface area contributed by atoms with Crippen molar-refractivity contribution in [3.8, 4) is 0 Å².